The van der Waals surface area contributed by atoms with E-state index in [2.05, 4.69) is 23.8 Å². The first-order valence-electron chi connectivity index (χ1n) is 4.59. The summed E-state index contributed by atoms with van der Waals surface area (Å²) in [4.78, 5) is 21.3. The molecule has 0 heterocycles. The van der Waals surface area contributed by atoms with Crippen molar-refractivity contribution < 1.29 is 14.3 Å². The van der Waals surface area contributed by atoms with Gasteiger partial charge in [0.15, 0.2) is 0 Å². The van der Waals surface area contributed by atoms with E-state index in [1.54, 1.807) is 0 Å². The van der Waals surface area contributed by atoms with Crippen LogP contribution in [0.15, 0.2) is 25.3 Å². The molecule has 2 N–H and O–H groups in total. The van der Waals surface area contributed by atoms with Gasteiger partial charge in [0.1, 0.15) is 6.73 Å². The fraction of sp³-hybridized carbons (Fsp3) is 0.400. The van der Waals surface area contributed by atoms with Crippen molar-refractivity contribution in [3.63, 3.8) is 0 Å². The van der Waals surface area contributed by atoms with Crippen LogP contribution in [0, 0.1) is 0 Å². The molecule has 5 nitrogen and oxygen atoms in total. The summed E-state index contributed by atoms with van der Waals surface area (Å²) < 4.78 is 5.06. The number of rotatable bonds is 8. The first-order chi connectivity index (χ1) is 7.20. The lowest BCUT2D eigenvalue weighted by Gasteiger charge is -2.04. The topological polar surface area (TPSA) is 67.4 Å². The average molecular weight is 212 g/mol. The Kier molecular flexibility index (Phi) is 7.99. The molecule has 0 atom stereocenters. The maximum atomic E-state index is 10.7. The van der Waals surface area contributed by atoms with E-state index in [1.165, 1.54) is 12.2 Å². The average Bonchev–Trinajstić information content (AvgIpc) is 2.26. The highest BCUT2D eigenvalue weighted by Crippen LogP contribution is 1.80. The highest BCUT2D eigenvalue weighted by atomic mass is 16.5. The third kappa shape index (κ3) is 8.70. The van der Waals surface area contributed by atoms with Crippen LogP contribution in [0.4, 0.5) is 0 Å². The molecule has 0 radical (unpaired) electrons. The second-order valence-electron chi connectivity index (χ2n) is 2.65. The molecule has 0 bridgehead atoms. The van der Waals surface area contributed by atoms with Crippen molar-refractivity contribution in [1.29, 1.82) is 0 Å². The highest BCUT2D eigenvalue weighted by Gasteiger charge is 1.94. The molecule has 0 unspecified atom stereocenters. The van der Waals surface area contributed by atoms with E-state index in [0.29, 0.717) is 19.6 Å². The van der Waals surface area contributed by atoms with Gasteiger partial charge in [-0.2, -0.15) is 0 Å². The van der Waals surface area contributed by atoms with Gasteiger partial charge in [-0.25, -0.2) is 0 Å². The Morgan fingerprint density at radius 3 is 2.33 bits per heavy atom. The van der Waals surface area contributed by atoms with Crippen LogP contribution in [0.25, 0.3) is 0 Å². The molecule has 0 aliphatic rings. The zero-order valence-corrected chi connectivity index (χ0v) is 8.62. The molecule has 5 heteroatoms. The summed E-state index contributed by atoms with van der Waals surface area (Å²) in [6, 6.07) is 0. The van der Waals surface area contributed by atoms with Gasteiger partial charge in [0, 0.05) is 6.54 Å². The van der Waals surface area contributed by atoms with E-state index in [1.807, 2.05) is 0 Å². The second kappa shape index (κ2) is 8.96. The minimum Gasteiger partial charge on any atom is -0.361 e. The van der Waals surface area contributed by atoms with E-state index in [9.17, 15) is 9.59 Å². The van der Waals surface area contributed by atoms with Gasteiger partial charge in [0.25, 0.3) is 0 Å². The van der Waals surface area contributed by atoms with Crippen molar-refractivity contribution in [2.24, 2.45) is 0 Å². The Bertz CT molecular complexity index is 215. The molecule has 0 fully saturated rings. The summed E-state index contributed by atoms with van der Waals surface area (Å²) in [6.07, 6.45) is 3.07. The van der Waals surface area contributed by atoms with Crippen LogP contribution in [0.1, 0.15) is 6.42 Å². The minimum absolute atomic E-state index is 0.153. The number of carbonyl (C=O) groups excluding carboxylic acids is 2. The van der Waals surface area contributed by atoms with Gasteiger partial charge in [-0.1, -0.05) is 13.2 Å². The number of nitrogens with one attached hydrogen (secondary N) is 2. The zero-order valence-electron chi connectivity index (χ0n) is 8.62. The molecule has 0 saturated carbocycles. The van der Waals surface area contributed by atoms with Gasteiger partial charge < -0.3 is 15.4 Å². The molecular formula is C10H16N2O3. The van der Waals surface area contributed by atoms with E-state index in [0.717, 1.165) is 0 Å². The lowest BCUT2D eigenvalue weighted by molar-refractivity contribution is -0.118. The molecule has 0 rings (SSSR count). The minimum atomic E-state index is -0.269. The predicted molar refractivity (Wildman–Crippen MR) is 57.0 cm³/mol. The molecule has 0 aromatic rings. The lowest BCUT2D eigenvalue weighted by atomic mass is 10.4. The largest absolute Gasteiger partial charge is 0.361 e. The summed E-state index contributed by atoms with van der Waals surface area (Å²) in [7, 11) is 0. The SMILES string of the molecule is C=CC(=O)NCCCOCNC(=O)C=C. The Morgan fingerprint density at radius 2 is 1.73 bits per heavy atom. The van der Waals surface area contributed by atoms with Crippen molar-refractivity contribution in [1.82, 2.24) is 10.6 Å². The van der Waals surface area contributed by atoms with Gasteiger partial charge >= 0.3 is 0 Å². The van der Waals surface area contributed by atoms with Crippen molar-refractivity contribution in [2.45, 2.75) is 6.42 Å². The quantitative estimate of drug-likeness (QED) is 0.337. The molecule has 2 amide bonds. The highest BCUT2D eigenvalue weighted by molar-refractivity contribution is 5.87. The number of carbonyl (C=O) groups is 2. The fourth-order valence-electron chi connectivity index (χ4n) is 0.724. The van der Waals surface area contributed by atoms with E-state index < -0.39 is 0 Å². The number of amides is 2. The summed E-state index contributed by atoms with van der Waals surface area (Å²) in [5.74, 6) is -0.468. The molecule has 0 aliphatic heterocycles. The van der Waals surface area contributed by atoms with E-state index in [4.69, 9.17) is 4.74 Å². The summed E-state index contributed by atoms with van der Waals surface area (Å²) >= 11 is 0. The standard InChI is InChI=1S/C10H16N2O3/c1-3-9(13)11-6-5-7-15-8-12-10(14)4-2/h3-4H,1-2,5-8H2,(H,11,13)(H,12,14). The second-order valence-corrected chi connectivity index (χ2v) is 2.65. The van der Waals surface area contributed by atoms with Crippen molar-refractivity contribution in [3.05, 3.63) is 25.3 Å². The normalized spacial score (nSPS) is 9.07. The van der Waals surface area contributed by atoms with Crippen LogP contribution in [0.5, 0.6) is 0 Å². The molecular weight excluding hydrogens is 196 g/mol. The van der Waals surface area contributed by atoms with Crippen LogP contribution < -0.4 is 10.6 Å². The van der Waals surface area contributed by atoms with Gasteiger partial charge in [-0.15, -0.1) is 0 Å². The summed E-state index contributed by atoms with van der Waals surface area (Å²) in [5, 5.41) is 5.06. The molecule has 0 aliphatic carbocycles. The van der Waals surface area contributed by atoms with Crippen LogP contribution in [0.3, 0.4) is 0 Å². The zero-order chi connectivity index (χ0) is 11.5. The van der Waals surface area contributed by atoms with Gasteiger partial charge in [-0.05, 0) is 18.6 Å². The van der Waals surface area contributed by atoms with Crippen LogP contribution in [0.2, 0.25) is 0 Å². The molecule has 15 heavy (non-hydrogen) atoms. The van der Waals surface area contributed by atoms with E-state index >= 15 is 0 Å². The summed E-state index contributed by atoms with van der Waals surface area (Å²) in [5.41, 5.74) is 0. The molecule has 84 valence electrons. The number of hydrogen-bond acceptors (Lipinski definition) is 3. The Balaban J connectivity index is 3.18. The predicted octanol–water partition coefficient (Wildman–Crippen LogP) is -0.0450. The first kappa shape index (κ1) is 13.4. The van der Waals surface area contributed by atoms with Gasteiger partial charge in [-0.3, -0.25) is 9.59 Å². The van der Waals surface area contributed by atoms with Gasteiger partial charge in [0.05, 0.1) is 6.61 Å². The fourth-order valence-corrected chi connectivity index (χ4v) is 0.724. The molecule has 0 aromatic carbocycles. The van der Waals surface area contributed by atoms with Crippen LogP contribution >= 0.6 is 0 Å². The van der Waals surface area contributed by atoms with Crippen LogP contribution in [-0.4, -0.2) is 31.7 Å². The smallest absolute Gasteiger partial charge is 0.245 e. The monoisotopic (exact) mass is 212 g/mol. The lowest BCUT2D eigenvalue weighted by Crippen LogP contribution is -2.26. The number of ether oxygens (including phenoxy) is 1. The van der Waals surface area contributed by atoms with Gasteiger partial charge in [0.2, 0.25) is 11.8 Å². The third-order valence-electron chi connectivity index (χ3n) is 1.48. The first-order valence-corrected chi connectivity index (χ1v) is 4.59. The molecule has 0 spiro atoms. The van der Waals surface area contributed by atoms with Crippen molar-refractivity contribution in [3.8, 4) is 0 Å². The van der Waals surface area contributed by atoms with Crippen molar-refractivity contribution >= 4 is 11.8 Å². The maximum absolute atomic E-state index is 10.7. The summed E-state index contributed by atoms with van der Waals surface area (Å²) in [6.45, 7) is 7.76. The van der Waals surface area contributed by atoms with Crippen LogP contribution in [-0.2, 0) is 14.3 Å². The third-order valence-corrected chi connectivity index (χ3v) is 1.48. The Labute approximate surface area is 89.2 Å². The molecule has 0 aromatic heterocycles. The number of hydrogen-bond donors (Lipinski definition) is 2. The van der Waals surface area contributed by atoms with E-state index in [-0.39, 0.29) is 18.5 Å². The van der Waals surface area contributed by atoms with Crippen molar-refractivity contribution in [2.75, 3.05) is 19.9 Å². The Morgan fingerprint density at radius 1 is 1.13 bits per heavy atom. The molecule has 0 saturated heterocycles. The maximum Gasteiger partial charge on any atom is 0.245 e. The Hall–Kier alpha value is -1.62.